The van der Waals surface area contributed by atoms with Gasteiger partial charge in [-0.1, -0.05) is 60.7 Å². The maximum atomic E-state index is 13.0. The highest BCUT2D eigenvalue weighted by Gasteiger charge is 2.46. The van der Waals surface area contributed by atoms with E-state index in [1.54, 1.807) is 4.90 Å². The lowest BCUT2D eigenvalue weighted by Gasteiger charge is -2.24. The first-order chi connectivity index (χ1) is 12.6. The van der Waals surface area contributed by atoms with E-state index in [4.69, 9.17) is 0 Å². The molecule has 1 aliphatic heterocycles. The van der Waals surface area contributed by atoms with Gasteiger partial charge in [-0.2, -0.15) is 0 Å². The van der Waals surface area contributed by atoms with Crippen LogP contribution in [0.2, 0.25) is 0 Å². The molecule has 130 valence electrons. The van der Waals surface area contributed by atoms with Crippen molar-refractivity contribution in [3.63, 3.8) is 0 Å². The lowest BCUT2D eigenvalue weighted by molar-refractivity contribution is -0.121. The largest absolute Gasteiger partial charge is 0.381 e. The molecule has 3 nitrogen and oxygen atoms in total. The zero-order valence-corrected chi connectivity index (χ0v) is 15.1. The van der Waals surface area contributed by atoms with Crippen LogP contribution >= 0.6 is 0 Å². The summed E-state index contributed by atoms with van der Waals surface area (Å²) >= 11 is 0. The van der Waals surface area contributed by atoms with Crippen LogP contribution in [-0.4, -0.2) is 13.0 Å². The summed E-state index contributed by atoms with van der Waals surface area (Å²) in [6, 6.07) is 26.6. The lowest BCUT2D eigenvalue weighted by atomic mass is 9.77. The Morgan fingerprint density at radius 3 is 2.27 bits per heavy atom. The first kappa shape index (κ1) is 16.4. The fourth-order valence-corrected chi connectivity index (χ4v) is 3.75. The van der Waals surface area contributed by atoms with E-state index in [9.17, 15) is 4.79 Å². The third kappa shape index (κ3) is 2.57. The van der Waals surface area contributed by atoms with Crippen LogP contribution in [0.1, 0.15) is 23.6 Å². The highest BCUT2D eigenvalue weighted by molar-refractivity contribution is 6.09. The molecule has 0 spiro atoms. The summed E-state index contributed by atoms with van der Waals surface area (Å²) in [7, 11) is 1.85. The third-order valence-electron chi connectivity index (χ3n) is 5.34. The Labute approximate surface area is 154 Å². The quantitative estimate of drug-likeness (QED) is 0.752. The van der Waals surface area contributed by atoms with Crippen molar-refractivity contribution in [1.29, 1.82) is 0 Å². The highest BCUT2D eigenvalue weighted by Crippen LogP contribution is 2.45. The molecule has 3 aromatic carbocycles. The second-order valence-electron chi connectivity index (χ2n) is 6.92. The predicted octanol–water partition coefficient (Wildman–Crippen LogP) is 4.58. The molecule has 1 amide bonds. The van der Waals surface area contributed by atoms with Gasteiger partial charge in [0, 0.05) is 25.0 Å². The van der Waals surface area contributed by atoms with Gasteiger partial charge in [-0.25, -0.2) is 0 Å². The van der Waals surface area contributed by atoms with E-state index in [1.165, 1.54) is 5.56 Å². The number of carbonyl (C=O) groups excluding carboxylic acids is 1. The number of hydrogen-bond acceptors (Lipinski definition) is 2. The first-order valence-electron chi connectivity index (χ1n) is 8.87. The Morgan fingerprint density at radius 2 is 1.54 bits per heavy atom. The molecule has 0 radical (unpaired) electrons. The van der Waals surface area contributed by atoms with Gasteiger partial charge in [-0.05, 0) is 41.8 Å². The molecule has 3 aromatic rings. The van der Waals surface area contributed by atoms with Gasteiger partial charge in [0.2, 0.25) is 5.91 Å². The van der Waals surface area contributed by atoms with E-state index in [1.807, 2.05) is 50.4 Å². The topological polar surface area (TPSA) is 32.3 Å². The minimum Gasteiger partial charge on any atom is -0.381 e. The maximum Gasteiger partial charge on any atom is 0.241 e. The molecule has 0 saturated heterocycles. The van der Waals surface area contributed by atoms with Crippen LogP contribution in [0.25, 0.3) is 0 Å². The number of rotatable bonds is 4. The van der Waals surface area contributed by atoms with Gasteiger partial charge in [0.05, 0.1) is 5.41 Å². The number of likely N-dealkylation sites (N-methyl/N-ethyl adjacent to an activating group) is 1. The maximum absolute atomic E-state index is 13.0. The molecule has 26 heavy (non-hydrogen) atoms. The Kier molecular flexibility index (Phi) is 4.00. The van der Waals surface area contributed by atoms with Gasteiger partial charge < -0.3 is 10.2 Å². The molecule has 1 unspecified atom stereocenters. The van der Waals surface area contributed by atoms with Gasteiger partial charge in [-0.15, -0.1) is 0 Å². The number of fused-ring (bicyclic) bond motifs is 1. The van der Waals surface area contributed by atoms with Crippen LogP contribution in [0, 0.1) is 0 Å². The Balaban J connectivity index is 1.60. The normalized spacial score (nSPS) is 18.7. The first-order valence-corrected chi connectivity index (χ1v) is 8.87. The summed E-state index contributed by atoms with van der Waals surface area (Å²) in [5.41, 5.74) is 4.73. The van der Waals surface area contributed by atoms with E-state index < -0.39 is 5.41 Å². The highest BCUT2D eigenvalue weighted by atomic mass is 16.2. The molecule has 4 rings (SSSR count). The molecule has 0 bridgehead atoms. The molecule has 1 N–H and O–H groups in total. The minimum absolute atomic E-state index is 0.115. The summed E-state index contributed by atoms with van der Waals surface area (Å²) in [5.74, 6) is 0.115. The van der Waals surface area contributed by atoms with E-state index >= 15 is 0 Å². The van der Waals surface area contributed by atoms with Gasteiger partial charge in [0.1, 0.15) is 0 Å². The summed E-state index contributed by atoms with van der Waals surface area (Å²) in [5, 5.41) is 3.44. The SMILES string of the molecule is CN1C(=O)C(C)(c2ccc(NCc3ccccc3)cc2)c2ccccc21. The smallest absolute Gasteiger partial charge is 0.241 e. The van der Waals surface area contributed by atoms with Crippen molar-refractivity contribution in [3.8, 4) is 0 Å². The average Bonchev–Trinajstić information content (AvgIpc) is 2.90. The van der Waals surface area contributed by atoms with Gasteiger partial charge in [-0.3, -0.25) is 4.79 Å². The van der Waals surface area contributed by atoms with Crippen LogP contribution < -0.4 is 10.2 Å². The Bertz CT molecular complexity index is 934. The van der Waals surface area contributed by atoms with Crippen molar-refractivity contribution in [1.82, 2.24) is 0 Å². The van der Waals surface area contributed by atoms with E-state index in [0.717, 1.165) is 29.0 Å². The van der Waals surface area contributed by atoms with E-state index in [2.05, 4.69) is 47.8 Å². The fourth-order valence-electron chi connectivity index (χ4n) is 3.75. The van der Waals surface area contributed by atoms with Gasteiger partial charge in [0.25, 0.3) is 0 Å². The van der Waals surface area contributed by atoms with Gasteiger partial charge in [0.15, 0.2) is 0 Å². The molecule has 1 heterocycles. The zero-order valence-electron chi connectivity index (χ0n) is 15.1. The zero-order chi connectivity index (χ0) is 18.1. The Hall–Kier alpha value is -3.07. The van der Waals surface area contributed by atoms with Crippen LogP contribution in [-0.2, 0) is 16.8 Å². The number of para-hydroxylation sites is 1. The summed E-state index contributed by atoms with van der Waals surface area (Å²) in [6.45, 7) is 2.80. The van der Waals surface area contributed by atoms with E-state index in [-0.39, 0.29) is 5.91 Å². The summed E-state index contributed by atoms with van der Waals surface area (Å²) in [4.78, 5) is 14.8. The number of nitrogens with zero attached hydrogens (tertiary/aromatic N) is 1. The average molecular weight is 342 g/mol. The second-order valence-corrected chi connectivity index (χ2v) is 6.92. The van der Waals surface area contributed by atoms with Crippen LogP contribution in [0.4, 0.5) is 11.4 Å². The van der Waals surface area contributed by atoms with Crippen LogP contribution in [0.3, 0.4) is 0 Å². The molecule has 0 aromatic heterocycles. The van der Waals surface area contributed by atoms with E-state index in [0.29, 0.717) is 0 Å². The lowest BCUT2D eigenvalue weighted by Crippen LogP contribution is -2.37. The monoisotopic (exact) mass is 342 g/mol. The number of anilines is 2. The molecular weight excluding hydrogens is 320 g/mol. The van der Waals surface area contributed by atoms with Crippen molar-refractivity contribution in [2.24, 2.45) is 0 Å². The second kappa shape index (κ2) is 6.34. The minimum atomic E-state index is -0.636. The number of benzene rings is 3. The molecule has 0 fully saturated rings. The molecular formula is C23H22N2O. The molecule has 0 aliphatic carbocycles. The van der Waals surface area contributed by atoms with Crippen LogP contribution in [0.5, 0.6) is 0 Å². The summed E-state index contributed by atoms with van der Waals surface area (Å²) < 4.78 is 0. The third-order valence-corrected chi connectivity index (χ3v) is 5.34. The van der Waals surface area contributed by atoms with Crippen LogP contribution in [0.15, 0.2) is 78.9 Å². The fraction of sp³-hybridized carbons (Fsp3) is 0.174. The van der Waals surface area contributed by atoms with Crippen molar-refractivity contribution in [2.45, 2.75) is 18.9 Å². The van der Waals surface area contributed by atoms with Gasteiger partial charge >= 0.3 is 0 Å². The number of nitrogens with one attached hydrogen (secondary N) is 1. The Morgan fingerprint density at radius 1 is 0.885 bits per heavy atom. The van der Waals surface area contributed by atoms with Crippen molar-refractivity contribution >= 4 is 17.3 Å². The number of amides is 1. The summed E-state index contributed by atoms with van der Waals surface area (Å²) in [6.07, 6.45) is 0. The van der Waals surface area contributed by atoms with Crippen molar-refractivity contribution in [2.75, 3.05) is 17.3 Å². The number of hydrogen-bond donors (Lipinski definition) is 1. The van der Waals surface area contributed by atoms with Crippen molar-refractivity contribution < 1.29 is 4.79 Å². The predicted molar refractivity (Wildman–Crippen MR) is 107 cm³/mol. The number of carbonyl (C=O) groups is 1. The van der Waals surface area contributed by atoms with Crippen molar-refractivity contribution in [3.05, 3.63) is 95.6 Å². The molecule has 1 atom stereocenters. The standard InChI is InChI=1S/C23H22N2O/c1-23(20-10-6-7-11-21(20)25(2)22(23)26)18-12-14-19(15-13-18)24-16-17-8-4-3-5-9-17/h3-15,24H,16H2,1-2H3. The molecule has 0 saturated carbocycles. The molecule has 1 aliphatic rings. The molecule has 3 heteroatoms.